The smallest absolute Gasteiger partial charge is 0.0710 e. The molecule has 2 rings (SSSR count). The van der Waals surface area contributed by atoms with E-state index in [-0.39, 0.29) is 0 Å². The molecule has 0 amide bonds. The summed E-state index contributed by atoms with van der Waals surface area (Å²) >= 11 is 0. The first-order valence-corrected chi connectivity index (χ1v) is 6.23. The number of hydrogen-bond acceptors (Lipinski definition) is 3. The van der Waals surface area contributed by atoms with Crippen LogP contribution in [0.15, 0.2) is 0 Å². The fourth-order valence-electron chi connectivity index (χ4n) is 3.04. The molecular weight excluding hydrogens is 188 g/mol. The number of hydrogen-bond donors (Lipinski definition) is 1. The third-order valence-corrected chi connectivity index (χ3v) is 4.11. The SMILES string of the molecule is COC1CCN(C2CC(C)CCC2N)C1. The molecule has 1 heterocycles. The van der Waals surface area contributed by atoms with Crippen LogP contribution in [0.4, 0.5) is 0 Å². The van der Waals surface area contributed by atoms with E-state index >= 15 is 0 Å². The van der Waals surface area contributed by atoms with E-state index in [2.05, 4.69) is 11.8 Å². The number of rotatable bonds is 2. The summed E-state index contributed by atoms with van der Waals surface area (Å²) in [7, 11) is 1.82. The van der Waals surface area contributed by atoms with Crippen LogP contribution in [0.25, 0.3) is 0 Å². The summed E-state index contributed by atoms with van der Waals surface area (Å²) in [6, 6.07) is 0.991. The number of ether oxygens (including phenoxy) is 1. The van der Waals surface area contributed by atoms with Crippen molar-refractivity contribution in [3.05, 3.63) is 0 Å². The Kier molecular flexibility index (Phi) is 3.65. The Bertz CT molecular complexity index is 210. The van der Waals surface area contributed by atoms with Gasteiger partial charge in [-0.15, -0.1) is 0 Å². The molecular formula is C12H24N2O. The molecule has 15 heavy (non-hydrogen) atoms. The maximum atomic E-state index is 6.23. The minimum absolute atomic E-state index is 0.386. The van der Waals surface area contributed by atoms with Gasteiger partial charge < -0.3 is 10.5 Å². The predicted octanol–water partition coefficient (Wildman–Crippen LogP) is 1.22. The van der Waals surface area contributed by atoms with Crippen LogP contribution in [0, 0.1) is 5.92 Å². The molecule has 2 fully saturated rings. The Labute approximate surface area is 93.0 Å². The van der Waals surface area contributed by atoms with Gasteiger partial charge in [0.15, 0.2) is 0 Å². The van der Waals surface area contributed by atoms with Crippen molar-refractivity contribution in [1.29, 1.82) is 0 Å². The van der Waals surface area contributed by atoms with E-state index in [4.69, 9.17) is 10.5 Å². The molecule has 4 atom stereocenters. The first kappa shape index (κ1) is 11.4. The molecule has 0 aromatic carbocycles. The van der Waals surface area contributed by atoms with Crippen molar-refractivity contribution in [1.82, 2.24) is 4.90 Å². The lowest BCUT2D eigenvalue weighted by atomic mass is 9.83. The average molecular weight is 212 g/mol. The van der Waals surface area contributed by atoms with Crippen molar-refractivity contribution in [3.63, 3.8) is 0 Å². The molecule has 1 aliphatic carbocycles. The molecule has 1 aliphatic heterocycles. The Balaban J connectivity index is 1.91. The van der Waals surface area contributed by atoms with Crippen LogP contribution >= 0.6 is 0 Å². The van der Waals surface area contributed by atoms with Crippen molar-refractivity contribution >= 4 is 0 Å². The van der Waals surface area contributed by atoms with Crippen LogP contribution < -0.4 is 5.73 Å². The molecule has 2 aliphatic rings. The molecule has 2 N–H and O–H groups in total. The fourth-order valence-corrected chi connectivity index (χ4v) is 3.04. The van der Waals surface area contributed by atoms with Crippen LogP contribution in [0.2, 0.25) is 0 Å². The molecule has 0 aromatic heterocycles. The lowest BCUT2D eigenvalue weighted by molar-refractivity contribution is 0.0853. The van der Waals surface area contributed by atoms with Crippen LogP contribution in [-0.4, -0.2) is 43.3 Å². The molecule has 88 valence electrons. The van der Waals surface area contributed by atoms with Crippen LogP contribution in [-0.2, 0) is 4.74 Å². The minimum Gasteiger partial charge on any atom is -0.380 e. The van der Waals surface area contributed by atoms with Gasteiger partial charge in [-0.1, -0.05) is 6.92 Å². The van der Waals surface area contributed by atoms with Gasteiger partial charge in [0.25, 0.3) is 0 Å². The van der Waals surface area contributed by atoms with Gasteiger partial charge in [-0.3, -0.25) is 4.90 Å². The first-order valence-electron chi connectivity index (χ1n) is 6.23. The molecule has 1 saturated carbocycles. The second kappa shape index (κ2) is 4.81. The van der Waals surface area contributed by atoms with E-state index in [0.29, 0.717) is 18.2 Å². The minimum atomic E-state index is 0.386. The van der Waals surface area contributed by atoms with Crippen molar-refractivity contribution < 1.29 is 4.74 Å². The topological polar surface area (TPSA) is 38.5 Å². The number of likely N-dealkylation sites (tertiary alicyclic amines) is 1. The summed E-state index contributed by atoms with van der Waals surface area (Å²) in [5, 5.41) is 0. The maximum absolute atomic E-state index is 6.23. The second-order valence-corrected chi connectivity index (χ2v) is 5.29. The van der Waals surface area contributed by atoms with E-state index in [1.165, 1.54) is 32.2 Å². The van der Waals surface area contributed by atoms with Crippen LogP contribution in [0.5, 0.6) is 0 Å². The van der Waals surface area contributed by atoms with Gasteiger partial charge >= 0.3 is 0 Å². The molecule has 3 heteroatoms. The van der Waals surface area contributed by atoms with Crippen molar-refractivity contribution in [2.75, 3.05) is 20.2 Å². The molecule has 4 unspecified atom stereocenters. The summed E-state index contributed by atoms with van der Waals surface area (Å²) in [4.78, 5) is 2.55. The maximum Gasteiger partial charge on any atom is 0.0710 e. The van der Waals surface area contributed by atoms with Gasteiger partial charge in [0.05, 0.1) is 6.10 Å². The molecule has 0 bridgehead atoms. The Morgan fingerprint density at radius 2 is 2.07 bits per heavy atom. The van der Waals surface area contributed by atoms with Crippen molar-refractivity contribution in [3.8, 4) is 0 Å². The highest BCUT2D eigenvalue weighted by Gasteiger charge is 2.34. The third-order valence-electron chi connectivity index (χ3n) is 4.11. The van der Waals surface area contributed by atoms with Crippen LogP contribution in [0.3, 0.4) is 0 Å². The van der Waals surface area contributed by atoms with Crippen molar-refractivity contribution in [2.24, 2.45) is 11.7 Å². The summed E-state index contributed by atoms with van der Waals surface area (Å²) in [6.07, 6.45) is 5.39. The highest BCUT2D eigenvalue weighted by molar-refractivity contribution is 4.91. The number of methoxy groups -OCH3 is 1. The Morgan fingerprint density at radius 3 is 2.73 bits per heavy atom. The summed E-state index contributed by atoms with van der Waals surface area (Å²) in [5.41, 5.74) is 6.23. The zero-order chi connectivity index (χ0) is 10.8. The highest BCUT2D eigenvalue weighted by atomic mass is 16.5. The summed E-state index contributed by atoms with van der Waals surface area (Å²) in [6.45, 7) is 4.61. The highest BCUT2D eigenvalue weighted by Crippen LogP contribution is 2.29. The third kappa shape index (κ3) is 2.52. The zero-order valence-corrected chi connectivity index (χ0v) is 9.98. The number of nitrogens with two attached hydrogens (primary N) is 1. The zero-order valence-electron chi connectivity index (χ0n) is 9.98. The Morgan fingerprint density at radius 1 is 1.27 bits per heavy atom. The van der Waals surface area contributed by atoms with Gasteiger partial charge in [-0.2, -0.15) is 0 Å². The molecule has 3 nitrogen and oxygen atoms in total. The second-order valence-electron chi connectivity index (χ2n) is 5.29. The number of nitrogens with zero attached hydrogens (tertiary/aromatic N) is 1. The Hall–Kier alpha value is -0.120. The molecule has 0 aromatic rings. The average Bonchev–Trinajstić information content (AvgIpc) is 2.70. The van der Waals surface area contributed by atoms with Gasteiger partial charge in [0.1, 0.15) is 0 Å². The van der Waals surface area contributed by atoms with E-state index in [1.54, 1.807) is 0 Å². The predicted molar refractivity (Wildman–Crippen MR) is 61.8 cm³/mol. The largest absolute Gasteiger partial charge is 0.380 e. The molecule has 0 spiro atoms. The van der Waals surface area contributed by atoms with Crippen LogP contribution in [0.1, 0.15) is 32.6 Å². The molecule has 1 saturated heterocycles. The summed E-state index contributed by atoms with van der Waals surface area (Å²) in [5.74, 6) is 0.844. The van der Waals surface area contributed by atoms with Crippen molar-refractivity contribution in [2.45, 2.75) is 50.8 Å². The standard InChI is InChI=1S/C12H24N2O/c1-9-3-4-11(13)12(7-9)14-6-5-10(8-14)15-2/h9-12H,3-8,13H2,1-2H3. The normalized spacial score (nSPS) is 43.4. The van der Waals surface area contributed by atoms with E-state index < -0.39 is 0 Å². The van der Waals surface area contributed by atoms with Gasteiger partial charge in [-0.25, -0.2) is 0 Å². The van der Waals surface area contributed by atoms with E-state index in [9.17, 15) is 0 Å². The fraction of sp³-hybridized carbons (Fsp3) is 1.00. The lowest BCUT2D eigenvalue weighted by Crippen LogP contribution is -2.50. The van der Waals surface area contributed by atoms with E-state index in [0.717, 1.165) is 12.5 Å². The van der Waals surface area contributed by atoms with Gasteiger partial charge in [0.2, 0.25) is 0 Å². The van der Waals surface area contributed by atoms with Gasteiger partial charge in [-0.05, 0) is 31.6 Å². The monoisotopic (exact) mass is 212 g/mol. The van der Waals surface area contributed by atoms with E-state index in [1.807, 2.05) is 7.11 Å². The quantitative estimate of drug-likeness (QED) is 0.748. The lowest BCUT2D eigenvalue weighted by Gasteiger charge is -2.38. The van der Waals surface area contributed by atoms with Gasteiger partial charge in [0, 0.05) is 32.3 Å². The first-order chi connectivity index (χ1) is 7.20. The molecule has 0 radical (unpaired) electrons. The summed E-state index contributed by atoms with van der Waals surface area (Å²) < 4.78 is 5.41.